The normalized spacial score (nSPS) is 13.9. The van der Waals surface area contributed by atoms with E-state index in [0.717, 1.165) is 5.56 Å². The van der Waals surface area contributed by atoms with Crippen LogP contribution in [-0.4, -0.2) is 29.9 Å². The fraction of sp³-hybridized carbons (Fsp3) is 0.500. The molecule has 0 heterocycles. The Morgan fingerprint density at radius 3 is 2.61 bits per heavy atom. The van der Waals surface area contributed by atoms with E-state index >= 15 is 0 Å². The van der Waals surface area contributed by atoms with Crippen LogP contribution in [0.15, 0.2) is 24.3 Å². The summed E-state index contributed by atoms with van der Waals surface area (Å²) in [7, 11) is 1.57. The molecule has 1 aromatic carbocycles. The van der Waals surface area contributed by atoms with E-state index in [1.165, 1.54) is 0 Å². The molecular weight excluding hydrogens is 232 g/mol. The lowest BCUT2D eigenvalue weighted by molar-refractivity contribution is -0.142. The number of hydrogen-bond donors (Lipinski definition) is 2. The molecule has 0 aliphatic carbocycles. The second-order valence-electron chi connectivity index (χ2n) is 4.57. The summed E-state index contributed by atoms with van der Waals surface area (Å²) in [6.07, 6.45) is 0.883. The van der Waals surface area contributed by atoms with E-state index in [-0.39, 0.29) is 12.5 Å². The van der Waals surface area contributed by atoms with Gasteiger partial charge in [0, 0.05) is 6.61 Å². The molecule has 100 valence electrons. The number of aliphatic carboxylic acids is 1. The van der Waals surface area contributed by atoms with Crippen molar-refractivity contribution in [2.45, 2.75) is 19.8 Å². The van der Waals surface area contributed by atoms with Crippen molar-refractivity contribution in [2.75, 3.05) is 13.7 Å². The van der Waals surface area contributed by atoms with Gasteiger partial charge in [0.05, 0.1) is 13.0 Å². The van der Waals surface area contributed by atoms with Crippen molar-refractivity contribution in [3.05, 3.63) is 29.8 Å². The molecule has 0 aliphatic heterocycles. The smallest absolute Gasteiger partial charge is 0.306 e. The van der Waals surface area contributed by atoms with Gasteiger partial charge in [-0.2, -0.15) is 0 Å². The van der Waals surface area contributed by atoms with Crippen molar-refractivity contribution in [2.24, 2.45) is 11.8 Å². The number of para-hydroxylation sites is 1. The van der Waals surface area contributed by atoms with Gasteiger partial charge in [0.2, 0.25) is 0 Å². The minimum atomic E-state index is -0.832. The van der Waals surface area contributed by atoms with Crippen LogP contribution in [0.4, 0.5) is 0 Å². The largest absolute Gasteiger partial charge is 0.496 e. The highest BCUT2D eigenvalue weighted by Crippen LogP contribution is 2.24. The molecular formula is C14H20O4. The van der Waals surface area contributed by atoms with Crippen LogP contribution in [0.1, 0.15) is 18.9 Å². The van der Waals surface area contributed by atoms with E-state index in [2.05, 4.69) is 0 Å². The maximum atomic E-state index is 11.2. The van der Waals surface area contributed by atoms with Crippen molar-refractivity contribution in [3.63, 3.8) is 0 Å². The average molecular weight is 252 g/mol. The molecule has 0 radical (unpaired) electrons. The number of methoxy groups -OCH3 is 1. The third-order valence-corrected chi connectivity index (χ3v) is 3.01. The van der Waals surface area contributed by atoms with Crippen LogP contribution in [0, 0.1) is 11.8 Å². The molecule has 4 nitrogen and oxygen atoms in total. The number of carbonyl (C=O) groups is 1. The topological polar surface area (TPSA) is 66.8 Å². The second-order valence-corrected chi connectivity index (χ2v) is 4.57. The van der Waals surface area contributed by atoms with Crippen LogP contribution in [0.2, 0.25) is 0 Å². The number of hydrogen-bond acceptors (Lipinski definition) is 3. The van der Waals surface area contributed by atoms with Crippen LogP contribution in [0.5, 0.6) is 5.75 Å². The van der Waals surface area contributed by atoms with E-state index in [9.17, 15) is 9.90 Å². The molecule has 0 saturated heterocycles. The maximum absolute atomic E-state index is 11.2. The number of benzene rings is 1. The van der Waals surface area contributed by atoms with Crippen LogP contribution in [-0.2, 0) is 11.2 Å². The highest BCUT2D eigenvalue weighted by atomic mass is 16.5. The van der Waals surface area contributed by atoms with Crippen molar-refractivity contribution < 1.29 is 19.7 Å². The van der Waals surface area contributed by atoms with Gasteiger partial charge in [-0.05, 0) is 30.4 Å². The summed E-state index contributed by atoms with van der Waals surface area (Å²) in [6, 6.07) is 7.42. The Hall–Kier alpha value is -1.55. The highest BCUT2D eigenvalue weighted by Gasteiger charge is 2.21. The first-order valence-electron chi connectivity index (χ1n) is 6.04. The quantitative estimate of drug-likeness (QED) is 0.778. The third kappa shape index (κ3) is 4.04. The Balaban J connectivity index is 2.80. The fourth-order valence-corrected chi connectivity index (χ4v) is 1.97. The lowest BCUT2D eigenvalue weighted by atomic mass is 9.90. The molecule has 2 unspecified atom stereocenters. The number of carboxylic acid groups (broad SMARTS) is 1. The maximum Gasteiger partial charge on any atom is 0.306 e. The Kier molecular flexibility index (Phi) is 5.65. The van der Waals surface area contributed by atoms with Crippen molar-refractivity contribution in [3.8, 4) is 5.75 Å². The molecule has 18 heavy (non-hydrogen) atoms. The van der Waals surface area contributed by atoms with Gasteiger partial charge < -0.3 is 14.9 Å². The molecule has 0 amide bonds. The minimum Gasteiger partial charge on any atom is -0.496 e. The van der Waals surface area contributed by atoms with Gasteiger partial charge in [-0.15, -0.1) is 0 Å². The number of ether oxygens (including phenoxy) is 1. The Labute approximate surface area is 107 Å². The molecule has 0 fully saturated rings. The van der Waals surface area contributed by atoms with Crippen molar-refractivity contribution in [1.82, 2.24) is 0 Å². The summed E-state index contributed by atoms with van der Waals surface area (Å²) in [5.74, 6) is -0.633. The molecule has 0 spiro atoms. The van der Waals surface area contributed by atoms with Gasteiger partial charge >= 0.3 is 5.97 Å². The Morgan fingerprint density at radius 2 is 2.06 bits per heavy atom. The molecule has 1 rings (SSSR count). The first-order chi connectivity index (χ1) is 8.58. The molecule has 0 aliphatic rings. The zero-order chi connectivity index (χ0) is 13.5. The van der Waals surface area contributed by atoms with Gasteiger partial charge in [0.15, 0.2) is 0 Å². The van der Waals surface area contributed by atoms with E-state index in [0.29, 0.717) is 18.6 Å². The molecule has 0 bridgehead atoms. The zero-order valence-electron chi connectivity index (χ0n) is 10.8. The van der Waals surface area contributed by atoms with Gasteiger partial charge in [0.1, 0.15) is 5.75 Å². The molecule has 2 atom stereocenters. The summed E-state index contributed by atoms with van der Waals surface area (Å²) in [5.41, 5.74) is 0.887. The predicted octanol–water partition coefficient (Wildman–Crippen LogP) is 1.96. The minimum absolute atomic E-state index is 0.00963. The van der Waals surface area contributed by atoms with Crippen LogP contribution < -0.4 is 4.74 Å². The average Bonchev–Trinajstić information content (AvgIpc) is 2.38. The van der Waals surface area contributed by atoms with E-state index in [4.69, 9.17) is 9.84 Å². The monoisotopic (exact) mass is 252 g/mol. The van der Waals surface area contributed by atoms with Gasteiger partial charge in [0.25, 0.3) is 0 Å². The number of aliphatic hydroxyl groups is 1. The van der Waals surface area contributed by atoms with Crippen molar-refractivity contribution >= 4 is 5.97 Å². The summed E-state index contributed by atoms with van der Waals surface area (Å²) in [5, 5.41) is 18.2. The Bertz CT molecular complexity index is 389. The van der Waals surface area contributed by atoms with Gasteiger partial charge in [-0.25, -0.2) is 0 Å². The predicted molar refractivity (Wildman–Crippen MR) is 68.7 cm³/mol. The summed E-state index contributed by atoms with van der Waals surface area (Å²) < 4.78 is 5.21. The van der Waals surface area contributed by atoms with E-state index < -0.39 is 11.9 Å². The van der Waals surface area contributed by atoms with Crippen LogP contribution in [0.3, 0.4) is 0 Å². The first kappa shape index (κ1) is 14.5. The van der Waals surface area contributed by atoms with Crippen molar-refractivity contribution in [1.29, 1.82) is 0 Å². The summed E-state index contributed by atoms with van der Waals surface area (Å²) in [4.78, 5) is 11.2. The SMILES string of the molecule is COc1ccccc1CC(CC(C)CO)C(=O)O. The summed E-state index contributed by atoms with van der Waals surface area (Å²) in [6.45, 7) is 1.86. The zero-order valence-corrected chi connectivity index (χ0v) is 10.8. The number of rotatable bonds is 7. The van der Waals surface area contributed by atoms with Crippen LogP contribution in [0.25, 0.3) is 0 Å². The number of aliphatic hydroxyl groups excluding tert-OH is 1. The molecule has 0 aromatic heterocycles. The Morgan fingerprint density at radius 1 is 1.39 bits per heavy atom. The molecule has 1 aromatic rings. The first-order valence-corrected chi connectivity index (χ1v) is 6.04. The number of carboxylic acids is 1. The van der Waals surface area contributed by atoms with Crippen LogP contribution >= 0.6 is 0 Å². The van der Waals surface area contributed by atoms with E-state index in [1.807, 2.05) is 31.2 Å². The standard InChI is InChI=1S/C14H20O4/c1-10(9-15)7-12(14(16)17)8-11-5-3-4-6-13(11)18-2/h3-6,10,12,15H,7-9H2,1-2H3,(H,16,17). The fourth-order valence-electron chi connectivity index (χ4n) is 1.97. The highest BCUT2D eigenvalue weighted by molar-refractivity contribution is 5.70. The molecule has 4 heteroatoms. The third-order valence-electron chi connectivity index (χ3n) is 3.01. The summed E-state index contributed by atoms with van der Waals surface area (Å²) >= 11 is 0. The lowest BCUT2D eigenvalue weighted by Crippen LogP contribution is -2.21. The van der Waals surface area contributed by atoms with Gasteiger partial charge in [-0.1, -0.05) is 25.1 Å². The van der Waals surface area contributed by atoms with Gasteiger partial charge in [-0.3, -0.25) is 4.79 Å². The lowest BCUT2D eigenvalue weighted by Gasteiger charge is -2.17. The molecule has 0 saturated carbocycles. The van der Waals surface area contributed by atoms with E-state index in [1.54, 1.807) is 7.11 Å². The second kappa shape index (κ2) is 7.01. The molecule has 2 N–H and O–H groups in total.